The zero-order valence-corrected chi connectivity index (χ0v) is 14.5. The van der Waals surface area contributed by atoms with Crippen LogP contribution in [0.3, 0.4) is 0 Å². The summed E-state index contributed by atoms with van der Waals surface area (Å²) in [6.45, 7) is 2.56. The number of hydrogen-bond donors (Lipinski definition) is 1. The molecule has 0 bridgehead atoms. The molecule has 0 amide bonds. The highest BCUT2D eigenvalue weighted by Gasteiger charge is 2.14. The second-order valence-corrected chi connectivity index (χ2v) is 7.02. The fourth-order valence-corrected chi connectivity index (χ4v) is 3.26. The number of aromatic nitrogens is 1. The molecular weight excluding hydrogens is 340 g/mol. The SMILES string of the molecule is CCOc1ccc(S(=O)(=O)NCc2ccc(-c3ccco3)nc2)cc1. The van der Waals surface area contributed by atoms with E-state index in [1.165, 1.54) is 12.1 Å². The molecule has 0 radical (unpaired) electrons. The minimum Gasteiger partial charge on any atom is -0.494 e. The Morgan fingerprint density at radius 3 is 2.52 bits per heavy atom. The van der Waals surface area contributed by atoms with Crippen molar-refractivity contribution in [3.05, 3.63) is 66.6 Å². The number of sulfonamides is 1. The van der Waals surface area contributed by atoms with Crippen LogP contribution in [0.4, 0.5) is 0 Å². The van der Waals surface area contributed by atoms with Crippen molar-refractivity contribution in [3.63, 3.8) is 0 Å². The maximum absolute atomic E-state index is 12.3. The molecule has 6 nitrogen and oxygen atoms in total. The number of benzene rings is 1. The molecule has 0 aliphatic carbocycles. The monoisotopic (exact) mass is 358 g/mol. The van der Waals surface area contributed by atoms with Gasteiger partial charge in [-0.05, 0) is 55.0 Å². The molecule has 130 valence electrons. The smallest absolute Gasteiger partial charge is 0.240 e. The molecule has 2 aromatic heterocycles. The van der Waals surface area contributed by atoms with E-state index >= 15 is 0 Å². The van der Waals surface area contributed by atoms with Gasteiger partial charge in [-0.3, -0.25) is 4.98 Å². The van der Waals surface area contributed by atoms with E-state index in [2.05, 4.69) is 9.71 Å². The van der Waals surface area contributed by atoms with E-state index in [1.54, 1.807) is 36.7 Å². The predicted octanol–water partition coefficient (Wildman–Crippen LogP) is 3.22. The van der Waals surface area contributed by atoms with Crippen LogP contribution in [0.25, 0.3) is 11.5 Å². The van der Waals surface area contributed by atoms with Crippen LogP contribution in [0, 0.1) is 0 Å². The Labute approximate surface area is 146 Å². The van der Waals surface area contributed by atoms with Crippen LogP contribution >= 0.6 is 0 Å². The van der Waals surface area contributed by atoms with E-state index in [9.17, 15) is 8.42 Å². The standard InChI is InChI=1S/C18H18N2O4S/c1-2-23-15-6-8-16(9-7-15)25(21,22)20-13-14-5-10-17(19-12-14)18-4-3-11-24-18/h3-12,20H,2,13H2,1H3. The van der Waals surface area contributed by atoms with Crippen molar-refractivity contribution in [3.8, 4) is 17.2 Å². The summed E-state index contributed by atoms with van der Waals surface area (Å²) in [5.74, 6) is 1.31. The summed E-state index contributed by atoms with van der Waals surface area (Å²) in [6, 6.07) is 13.5. The van der Waals surface area contributed by atoms with Gasteiger partial charge in [0.2, 0.25) is 10.0 Å². The zero-order chi connectivity index (χ0) is 17.7. The first kappa shape index (κ1) is 17.2. The van der Waals surface area contributed by atoms with Gasteiger partial charge in [-0.2, -0.15) is 0 Å². The van der Waals surface area contributed by atoms with E-state index in [-0.39, 0.29) is 11.4 Å². The first-order valence-corrected chi connectivity index (χ1v) is 9.28. The van der Waals surface area contributed by atoms with Crippen molar-refractivity contribution in [2.24, 2.45) is 0 Å². The molecule has 0 spiro atoms. The molecule has 3 aromatic rings. The lowest BCUT2D eigenvalue weighted by Gasteiger charge is -2.08. The number of nitrogens with one attached hydrogen (secondary N) is 1. The van der Waals surface area contributed by atoms with Gasteiger partial charge in [0.15, 0.2) is 5.76 Å². The lowest BCUT2D eigenvalue weighted by Crippen LogP contribution is -2.23. The maximum Gasteiger partial charge on any atom is 0.240 e. The van der Waals surface area contributed by atoms with Crippen molar-refractivity contribution in [1.29, 1.82) is 0 Å². The maximum atomic E-state index is 12.3. The molecule has 25 heavy (non-hydrogen) atoms. The Bertz CT molecular complexity index is 903. The highest BCUT2D eigenvalue weighted by Crippen LogP contribution is 2.18. The highest BCUT2D eigenvalue weighted by molar-refractivity contribution is 7.89. The van der Waals surface area contributed by atoms with Gasteiger partial charge in [-0.25, -0.2) is 13.1 Å². The van der Waals surface area contributed by atoms with Crippen LogP contribution in [0.5, 0.6) is 5.75 Å². The predicted molar refractivity (Wildman–Crippen MR) is 93.6 cm³/mol. The molecule has 2 heterocycles. The Hall–Kier alpha value is -2.64. The summed E-state index contributed by atoms with van der Waals surface area (Å²) in [5, 5.41) is 0. The third kappa shape index (κ3) is 4.26. The topological polar surface area (TPSA) is 81.4 Å². The Morgan fingerprint density at radius 1 is 1.12 bits per heavy atom. The van der Waals surface area contributed by atoms with Crippen molar-refractivity contribution < 1.29 is 17.6 Å². The lowest BCUT2D eigenvalue weighted by atomic mass is 10.2. The number of nitrogens with zero attached hydrogens (tertiary/aromatic N) is 1. The summed E-state index contributed by atoms with van der Waals surface area (Å²) < 4.78 is 37.8. The van der Waals surface area contributed by atoms with Crippen LogP contribution < -0.4 is 9.46 Å². The third-order valence-electron chi connectivity index (χ3n) is 3.51. The molecule has 7 heteroatoms. The second kappa shape index (κ2) is 7.50. The number of ether oxygens (including phenoxy) is 1. The van der Waals surface area contributed by atoms with Gasteiger partial charge in [0.05, 0.1) is 17.8 Å². The summed E-state index contributed by atoms with van der Waals surface area (Å²) in [7, 11) is -3.60. The Balaban J connectivity index is 1.65. The molecule has 0 saturated carbocycles. The lowest BCUT2D eigenvalue weighted by molar-refractivity contribution is 0.340. The quantitative estimate of drug-likeness (QED) is 0.701. The van der Waals surface area contributed by atoms with Gasteiger partial charge in [0.25, 0.3) is 0 Å². The third-order valence-corrected chi connectivity index (χ3v) is 4.93. The van der Waals surface area contributed by atoms with E-state index in [0.717, 1.165) is 5.56 Å². The van der Waals surface area contributed by atoms with Crippen LogP contribution in [-0.2, 0) is 16.6 Å². The van der Waals surface area contributed by atoms with Crippen LogP contribution in [-0.4, -0.2) is 20.0 Å². The van der Waals surface area contributed by atoms with Gasteiger partial charge in [-0.1, -0.05) is 6.07 Å². The first-order valence-electron chi connectivity index (χ1n) is 7.80. The van der Waals surface area contributed by atoms with E-state index in [0.29, 0.717) is 23.8 Å². The largest absolute Gasteiger partial charge is 0.494 e. The minimum atomic E-state index is -3.60. The van der Waals surface area contributed by atoms with Crippen LogP contribution in [0.1, 0.15) is 12.5 Å². The highest BCUT2D eigenvalue weighted by atomic mass is 32.2. The molecule has 0 saturated heterocycles. The van der Waals surface area contributed by atoms with E-state index in [1.807, 2.05) is 19.1 Å². The van der Waals surface area contributed by atoms with Gasteiger partial charge in [0, 0.05) is 12.7 Å². The Morgan fingerprint density at radius 2 is 1.92 bits per heavy atom. The molecule has 0 aliphatic rings. The van der Waals surface area contributed by atoms with Gasteiger partial charge in [0.1, 0.15) is 11.4 Å². The molecule has 3 rings (SSSR count). The number of rotatable bonds is 7. The van der Waals surface area contributed by atoms with Crippen molar-refractivity contribution in [2.45, 2.75) is 18.4 Å². The second-order valence-electron chi connectivity index (χ2n) is 5.26. The molecular formula is C18H18N2O4S. The minimum absolute atomic E-state index is 0.154. The number of hydrogen-bond acceptors (Lipinski definition) is 5. The molecule has 1 N–H and O–H groups in total. The number of pyridine rings is 1. The summed E-state index contributed by atoms with van der Waals surface area (Å²) in [6.07, 6.45) is 3.20. The Kier molecular flexibility index (Phi) is 5.16. The average Bonchev–Trinajstić information content (AvgIpc) is 3.16. The summed E-state index contributed by atoms with van der Waals surface area (Å²) in [4.78, 5) is 4.47. The van der Waals surface area contributed by atoms with Crippen molar-refractivity contribution in [1.82, 2.24) is 9.71 Å². The zero-order valence-electron chi connectivity index (χ0n) is 13.7. The van der Waals surface area contributed by atoms with Crippen LogP contribution in [0.15, 0.2) is 70.3 Å². The molecule has 0 aliphatic heterocycles. The van der Waals surface area contributed by atoms with E-state index in [4.69, 9.17) is 9.15 Å². The van der Waals surface area contributed by atoms with Gasteiger partial charge >= 0.3 is 0 Å². The first-order chi connectivity index (χ1) is 12.1. The molecule has 1 aromatic carbocycles. The molecule has 0 atom stereocenters. The van der Waals surface area contributed by atoms with Crippen LogP contribution in [0.2, 0.25) is 0 Å². The fourth-order valence-electron chi connectivity index (χ4n) is 2.24. The fraction of sp³-hybridized carbons (Fsp3) is 0.167. The van der Waals surface area contributed by atoms with Gasteiger partial charge in [-0.15, -0.1) is 0 Å². The molecule has 0 fully saturated rings. The number of furan rings is 1. The van der Waals surface area contributed by atoms with E-state index < -0.39 is 10.0 Å². The summed E-state index contributed by atoms with van der Waals surface area (Å²) in [5.41, 5.74) is 1.45. The molecule has 0 unspecified atom stereocenters. The van der Waals surface area contributed by atoms with Crippen molar-refractivity contribution >= 4 is 10.0 Å². The normalized spacial score (nSPS) is 11.4. The van der Waals surface area contributed by atoms with Crippen molar-refractivity contribution in [2.75, 3.05) is 6.61 Å². The summed E-state index contributed by atoms with van der Waals surface area (Å²) >= 11 is 0. The van der Waals surface area contributed by atoms with Gasteiger partial charge < -0.3 is 9.15 Å². The average molecular weight is 358 g/mol.